The number of amides is 1. The molecule has 1 aromatic heterocycles. The van der Waals surface area contributed by atoms with Gasteiger partial charge in [-0.2, -0.15) is 0 Å². The van der Waals surface area contributed by atoms with Crippen molar-refractivity contribution < 1.29 is 4.79 Å². The fraction of sp³-hybridized carbons (Fsp3) is 0.250. The van der Waals surface area contributed by atoms with E-state index in [1.54, 1.807) is 0 Å². The smallest absolute Gasteiger partial charge is 0.233 e. The van der Waals surface area contributed by atoms with E-state index >= 15 is 0 Å². The minimum Gasteiger partial charge on any atom is -0.343 e. The molecule has 3 aromatic rings. The molecule has 0 bridgehead atoms. The van der Waals surface area contributed by atoms with Crippen molar-refractivity contribution in [2.45, 2.75) is 19.0 Å². The highest BCUT2D eigenvalue weighted by Gasteiger charge is 2.18. The molecule has 1 heterocycles. The number of para-hydroxylation sites is 1. The van der Waals surface area contributed by atoms with Gasteiger partial charge in [0.05, 0.1) is 5.75 Å². The number of benzene rings is 2. The van der Waals surface area contributed by atoms with Crippen LogP contribution in [0.25, 0.3) is 17.1 Å². The van der Waals surface area contributed by atoms with Gasteiger partial charge < -0.3 is 4.90 Å². The third-order valence-corrected chi connectivity index (χ3v) is 5.32. The van der Waals surface area contributed by atoms with Gasteiger partial charge in [0.2, 0.25) is 5.91 Å². The van der Waals surface area contributed by atoms with Gasteiger partial charge in [-0.15, -0.1) is 10.2 Å². The predicted octanol–water partition coefficient (Wildman–Crippen LogP) is 4.55. The van der Waals surface area contributed by atoms with Gasteiger partial charge >= 0.3 is 0 Å². The van der Waals surface area contributed by atoms with Crippen molar-refractivity contribution in [1.29, 1.82) is 0 Å². The molecule has 0 aliphatic heterocycles. The molecule has 5 nitrogen and oxygen atoms in total. The van der Waals surface area contributed by atoms with E-state index in [1.165, 1.54) is 11.8 Å². The highest BCUT2D eigenvalue weighted by atomic mass is 35.5. The number of rotatable bonds is 7. The summed E-state index contributed by atoms with van der Waals surface area (Å²) in [7, 11) is 0. The fourth-order valence-corrected chi connectivity index (χ4v) is 3.83. The van der Waals surface area contributed by atoms with Gasteiger partial charge in [0.1, 0.15) is 0 Å². The van der Waals surface area contributed by atoms with Crippen LogP contribution in [0.2, 0.25) is 5.02 Å². The fourth-order valence-electron chi connectivity index (χ4n) is 2.78. The Hall–Kier alpha value is -2.31. The zero-order valence-electron chi connectivity index (χ0n) is 15.3. The Kier molecular flexibility index (Phi) is 6.53. The number of hydrogen-bond donors (Lipinski definition) is 0. The second-order valence-corrected chi connectivity index (χ2v) is 7.22. The molecule has 3 rings (SSSR count). The first-order chi connectivity index (χ1) is 13.1. The van der Waals surface area contributed by atoms with Crippen molar-refractivity contribution >= 4 is 29.3 Å². The number of halogens is 1. The number of hydrogen-bond acceptors (Lipinski definition) is 4. The largest absolute Gasteiger partial charge is 0.343 e. The van der Waals surface area contributed by atoms with Crippen LogP contribution in [0.3, 0.4) is 0 Å². The molecule has 7 heteroatoms. The van der Waals surface area contributed by atoms with Gasteiger partial charge in [0.15, 0.2) is 11.0 Å². The van der Waals surface area contributed by atoms with Crippen LogP contribution >= 0.6 is 23.4 Å². The molecule has 0 spiro atoms. The molecule has 0 aliphatic carbocycles. The number of carbonyl (C=O) groups is 1. The van der Waals surface area contributed by atoms with Crippen LogP contribution in [0.1, 0.15) is 13.8 Å². The molecule has 1 amide bonds. The van der Waals surface area contributed by atoms with Crippen LogP contribution < -0.4 is 0 Å². The summed E-state index contributed by atoms with van der Waals surface area (Å²) >= 11 is 7.55. The van der Waals surface area contributed by atoms with Crippen molar-refractivity contribution in [1.82, 2.24) is 19.7 Å². The van der Waals surface area contributed by atoms with Crippen molar-refractivity contribution in [2.75, 3.05) is 18.8 Å². The van der Waals surface area contributed by atoms with Crippen LogP contribution in [0.4, 0.5) is 0 Å². The second-order valence-electron chi connectivity index (χ2n) is 5.84. The summed E-state index contributed by atoms with van der Waals surface area (Å²) < 4.78 is 1.96. The van der Waals surface area contributed by atoms with Crippen molar-refractivity contribution in [2.24, 2.45) is 0 Å². The van der Waals surface area contributed by atoms with Gasteiger partial charge in [-0.1, -0.05) is 53.7 Å². The standard InChI is InChI=1S/C20H21ClN4OS/c1-3-24(4-2)18(26)14-27-20-23-22-19(15-9-8-10-16(21)13-15)25(20)17-11-6-5-7-12-17/h5-13H,3-4,14H2,1-2H3. The molecule has 0 unspecified atom stereocenters. The molecule has 0 radical (unpaired) electrons. The molecular formula is C20H21ClN4OS. The normalized spacial score (nSPS) is 10.8. The van der Waals surface area contributed by atoms with E-state index in [-0.39, 0.29) is 5.91 Å². The maximum absolute atomic E-state index is 12.4. The molecule has 27 heavy (non-hydrogen) atoms. The van der Waals surface area contributed by atoms with E-state index < -0.39 is 0 Å². The first kappa shape index (κ1) is 19.5. The molecule has 2 aromatic carbocycles. The zero-order valence-corrected chi connectivity index (χ0v) is 16.9. The summed E-state index contributed by atoms with van der Waals surface area (Å²) in [5.41, 5.74) is 1.82. The lowest BCUT2D eigenvalue weighted by molar-refractivity contribution is -0.127. The number of carbonyl (C=O) groups excluding carboxylic acids is 1. The van der Waals surface area contributed by atoms with Gasteiger partial charge in [0, 0.05) is 29.4 Å². The molecule has 0 atom stereocenters. The molecule has 0 fully saturated rings. The Labute approximate surface area is 168 Å². The van der Waals surface area contributed by atoms with Gasteiger partial charge in [-0.05, 0) is 38.1 Å². The van der Waals surface area contributed by atoms with Crippen molar-refractivity contribution in [3.63, 3.8) is 0 Å². The molecule has 0 saturated carbocycles. The highest BCUT2D eigenvalue weighted by Crippen LogP contribution is 2.29. The van der Waals surface area contributed by atoms with Crippen LogP contribution in [-0.4, -0.2) is 44.4 Å². The van der Waals surface area contributed by atoms with Crippen molar-refractivity contribution in [3.05, 3.63) is 59.6 Å². The summed E-state index contributed by atoms with van der Waals surface area (Å²) in [6.45, 7) is 5.37. The van der Waals surface area contributed by atoms with E-state index in [2.05, 4.69) is 10.2 Å². The first-order valence-corrected chi connectivity index (χ1v) is 10.2. The maximum Gasteiger partial charge on any atom is 0.233 e. The summed E-state index contributed by atoms with van der Waals surface area (Å²) in [5, 5.41) is 10.0. The lowest BCUT2D eigenvalue weighted by Gasteiger charge is -2.18. The third-order valence-electron chi connectivity index (χ3n) is 4.17. The summed E-state index contributed by atoms with van der Waals surface area (Å²) in [6.07, 6.45) is 0. The topological polar surface area (TPSA) is 51.0 Å². The van der Waals surface area contributed by atoms with E-state index in [1.807, 2.05) is 77.9 Å². The molecule has 140 valence electrons. The van der Waals surface area contributed by atoms with E-state index in [0.29, 0.717) is 34.8 Å². The molecule has 0 aliphatic rings. The minimum atomic E-state index is 0.0944. The van der Waals surface area contributed by atoms with Crippen LogP contribution in [-0.2, 0) is 4.79 Å². The third kappa shape index (κ3) is 4.51. The average molecular weight is 401 g/mol. The highest BCUT2D eigenvalue weighted by molar-refractivity contribution is 7.99. The Balaban J connectivity index is 1.96. The number of nitrogens with zero attached hydrogens (tertiary/aromatic N) is 4. The van der Waals surface area contributed by atoms with Crippen LogP contribution in [0.15, 0.2) is 59.8 Å². The summed E-state index contributed by atoms with van der Waals surface area (Å²) in [6, 6.07) is 17.4. The predicted molar refractivity (Wildman–Crippen MR) is 110 cm³/mol. The monoisotopic (exact) mass is 400 g/mol. The molecule has 0 saturated heterocycles. The Morgan fingerprint density at radius 2 is 1.81 bits per heavy atom. The van der Waals surface area contributed by atoms with Crippen LogP contribution in [0.5, 0.6) is 0 Å². The van der Waals surface area contributed by atoms with E-state index in [4.69, 9.17) is 11.6 Å². The Morgan fingerprint density at radius 3 is 2.48 bits per heavy atom. The Bertz CT molecular complexity index is 909. The quantitative estimate of drug-likeness (QED) is 0.546. The maximum atomic E-state index is 12.4. The lowest BCUT2D eigenvalue weighted by atomic mass is 10.2. The van der Waals surface area contributed by atoms with Crippen molar-refractivity contribution in [3.8, 4) is 17.1 Å². The van der Waals surface area contributed by atoms with Gasteiger partial charge in [0.25, 0.3) is 0 Å². The molecular weight excluding hydrogens is 380 g/mol. The second kappa shape index (κ2) is 9.06. The van der Waals surface area contributed by atoms with Gasteiger partial charge in [-0.3, -0.25) is 9.36 Å². The zero-order chi connectivity index (χ0) is 19.2. The minimum absolute atomic E-state index is 0.0944. The lowest BCUT2D eigenvalue weighted by Crippen LogP contribution is -2.31. The van der Waals surface area contributed by atoms with E-state index in [9.17, 15) is 4.79 Å². The first-order valence-electron chi connectivity index (χ1n) is 8.81. The van der Waals surface area contributed by atoms with Crippen LogP contribution in [0, 0.1) is 0 Å². The van der Waals surface area contributed by atoms with Gasteiger partial charge in [-0.25, -0.2) is 0 Å². The van der Waals surface area contributed by atoms with E-state index in [0.717, 1.165) is 11.3 Å². The summed E-state index contributed by atoms with van der Waals surface area (Å²) in [5.74, 6) is 1.11. The average Bonchev–Trinajstić information content (AvgIpc) is 3.12. The summed E-state index contributed by atoms with van der Waals surface area (Å²) in [4.78, 5) is 14.2. The molecule has 0 N–H and O–H groups in total. The Morgan fingerprint density at radius 1 is 1.07 bits per heavy atom. The number of thioether (sulfide) groups is 1. The number of aromatic nitrogens is 3. The SMILES string of the molecule is CCN(CC)C(=O)CSc1nnc(-c2cccc(Cl)c2)n1-c1ccccc1.